The highest BCUT2D eigenvalue weighted by molar-refractivity contribution is 5.78. The van der Waals surface area contributed by atoms with Gasteiger partial charge in [0.1, 0.15) is 6.42 Å². The molecule has 0 aromatic rings. The van der Waals surface area contributed by atoms with Crippen LogP contribution in [0.5, 0.6) is 0 Å². The van der Waals surface area contributed by atoms with Crippen LogP contribution >= 0.6 is 0 Å². The number of rotatable bonds is 3. The minimum absolute atomic E-state index is 0.414. The van der Waals surface area contributed by atoms with Crippen LogP contribution in [-0.2, 0) is 4.79 Å². The molecule has 0 rings (SSSR count). The lowest BCUT2D eigenvalue weighted by Gasteiger charge is -2.14. The maximum Gasteiger partial charge on any atom is 0.391 e. The molecule has 1 unspecified atom stereocenters. The molecule has 13 heavy (non-hydrogen) atoms. The van der Waals surface area contributed by atoms with Crippen LogP contribution in [-0.4, -0.2) is 18.1 Å². The molecule has 1 amide bonds. The van der Waals surface area contributed by atoms with E-state index in [1.807, 2.05) is 0 Å². The van der Waals surface area contributed by atoms with E-state index in [1.165, 1.54) is 6.92 Å². The number of hydrogen-bond acceptors (Lipinski definition) is 2. The molecule has 0 saturated heterocycles. The summed E-state index contributed by atoms with van der Waals surface area (Å²) in [6, 6.07) is 0.557. The van der Waals surface area contributed by atoms with E-state index in [4.69, 9.17) is 5.26 Å². The molecule has 0 saturated carbocycles. The Labute approximate surface area is 73.5 Å². The standard InChI is InChI=1S/C7H9F3N2O/c1-5(4-7(8,9)10)12-6(13)2-3-11/h5H,2,4H2,1H3,(H,12,13). The van der Waals surface area contributed by atoms with Crippen molar-refractivity contribution in [3.05, 3.63) is 0 Å². The molecule has 0 heterocycles. The molecular weight excluding hydrogens is 185 g/mol. The summed E-state index contributed by atoms with van der Waals surface area (Å²) in [7, 11) is 0. The summed E-state index contributed by atoms with van der Waals surface area (Å²) in [6.07, 6.45) is -5.79. The predicted molar refractivity (Wildman–Crippen MR) is 38.5 cm³/mol. The average Bonchev–Trinajstić information content (AvgIpc) is 1.81. The van der Waals surface area contributed by atoms with Gasteiger partial charge in [0.2, 0.25) is 5.91 Å². The average molecular weight is 194 g/mol. The largest absolute Gasteiger partial charge is 0.391 e. The highest BCUT2D eigenvalue weighted by Gasteiger charge is 2.30. The molecule has 0 aromatic heterocycles. The Bertz CT molecular complexity index is 219. The molecule has 0 bridgehead atoms. The number of nitrogens with zero attached hydrogens (tertiary/aromatic N) is 1. The Morgan fingerprint density at radius 3 is 2.54 bits per heavy atom. The van der Waals surface area contributed by atoms with Crippen molar-refractivity contribution in [3.8, 4) is 6.07 Å². The first kappa shape index (κ1) is 11.8. The summed E-state index contributed by atoms with van der Waals surface area (Å²) >= 11 is 0. The second-order valence-corrected chi connectivity index (χ2v) is 2.62. The van der Waals surface area contributed by atoms with Gasteiger partial charge in [-0.25, -0.2) is 0 Å². The number of carbonyl (C=O) groups is 1. The fourth-order valence-corrected chi connectivity index (χ4v) is 0.796. The van der Waals surface area contributed by atoms with E-state index in [1.54, 1.807) is 6.07 Å². The SMILES string of the molecule is CC(CC(F)(F)F)NC(=O)CC#N. The van der Waals surface area contributed by atoms with Gasteiger partial charge in [-0.05, 0) is 6.92 Å². The van der Waals surface area contributed by atoms with Crippen molar-refractivity contribution >= 4 is 5.91 Å². The minimum Gasteiger partial charge on any atom is -0.352 e. The summed E-state index contributed by atoms with van der Waals surface area (Å²) in [6.45, 7) is 1.24. The number of alkyl halides is 3. The van der Waals surface area contributed by atoms with Gasteiger partial charge in [0.05, 0.1) is 12.5 Å². The lowest BCUT2D eigenvalue weighted by molar-refractivity contribution is -0.141. The lowest BCUT2D eigenvalue weighted by Crippen LogP contribution is -2.35. The fourth-order valence-electron chi connectivity index (χ4n) is 0.796. The van der Waals surface area contributed by atoms with Gasteiger partial charge in [-0.2, -0.15) is 18.4 Å². The second kappa shape index (κ2) is 4.70. The molecule has 0 aliphatic carbocycles. The summed E-state index contributed by atoms with van der Waals surface area (Å²) < 4.78 is 35.2. The van der Waals surface area contributed by atoms with E-state index < -0.39 is 31.0 Å². The highest BCUT2D eigenvalue weighted by atomic mass is 19.4. The Balaban J connectivity index is 3.82. The van der Waals surface area contributed by atoms with Gasteiger partial charge in [-0.15, -0.1) is 0 Å². The van der Waals surface area contributed by atoms with Gasteiger partial charge in [0.25, 0.3) is 0 Å². The van der Waals surface area contributed by atoms with Crippen molar-refractivity contribution < 1.29 is 18.0 Å². The third-order valence-corrected chi connectivity index (χ3v) is 1.18. The zero-order valence-corrected chi connectivity index (χ0v) is 6.98. The lowest BCUT2D eigenvalue weighted by atomic mass is 10.2. The number of nitriles is 1. The maximum atomic E-state index is 11.7. The van der Waals surface area contributed by atoms with Crippen LogP contribution in [0.4, 0.5) is 13.2 Å². The normalized spacial score (nSPS) is 13.2. The monoisotopic (exact) mass is 194 g/mol. The van der Waals surface area contributed by atoms with Crippen LogP contribution < -0.4 is 5.32 Å². The molecule has 0 radical (unpaired) electrons. The Morgan fingerprint density at radius 2 is 2.15 bits per heavy atom. The molecule has 0 aromatic carbocycles. The van der Waals surface area contributed by atoms with Crippen LogP contribution in [0.25, 0.3) is 0 Å². The minimum atomic E-state index is -4.29. The van der Waals surface area contributed by atoms with Crippen molar-refractivity contribution in [2.75, 3.05) is 0 Å². The summed E-state index contributed by atoms with van der Waals surface area (Å²) in [4.78, 5) is 10.6. The zero-order valence-electron chi connectivity index (χ0n) is 6.98. The van der Waals surface area contributed by atoms with Crippen LogP contribution in [0.1, 0.15) is 19.8 Å². The topological polar surface area (TPSA) is 52.9 Å². The molecule has 0 fully saturated rings. The van der Waals surface area contributed by atoms with Crippen LogP contribution in [0.2, 0.25) is 0 Å². The molecule has 1 atom stereocenters. The van der Waals surface area contributed by atoms with Crippen molar-refractivity contribution in [1.29, 1.82) is 5.26 Å². The molecule has 3 nitrogen and oxygen atoms in total. The van der Waals surface area contributed by atoms with E-state index >= 15 is 0 Å². The van der Waals surface area contributed by atoms with Gasteiger partial charge in [0, 0.05) is 6.04 Å². The zero-order chi connectivity index (χ0) is 10.5. The van der Waals surface area contributed by atoms with Gasteiger partial charge in [-0.1, -0.05) is 0 Å². The summed E-state index contributed by atoms with van der Waals surface area (Å²) in [5, 5.41) is 10.1. The Hall–Kier alpha value is -1.25. The number of nitrogens with one attached hydrogen (secondary N) is 1. The number of halogens is 3. The summed E-state index contributed by atoms with van der Waals surface area (Å²) in [5.74, 6) is -0.681. The van der Waals surface area contributed by atoms with Crippen LogP contribution in [0.15, 0.2) is 0 Å². The van der Waals surface area contributed by atoms with Gasteiger partial charge in [-0.3, -0.25) is 4.79 Å². The summed E-state index contributed by atoms with van der Waals surface area (Å²) in [5.41, 5.74) is 0. The van der Waals surface area contributed by atoms with Crippen molar-refractivity contribution in [2.45, 2.75) is 32.0 Å². The molecule has 0 aliphatic heterocycles. The van der Waals surface area contributed by atoms with E-state index in [2.05, 4.69) is 5.32 Å². The number of hydrogen-bond donors (Lipinski definition) is 1. The molecule has 6 heteroatoms. The van der Waals surface area contributed by atoms with E-state index in [0.29, 0.717) is 0 Å². The van der Waals surface area contributed by atoms with Crippen molar-refractivity contribution in [3.63, 3.8) is 0 Å². The van der Waals surface area contributed by atoms with Crippen molar-refractivity contribution in [2.24, 2.45) is 0 Å². The smallest absolute Gasteiger partial charge is 0.352 e. The first-order valence-corrected chi connectivity index (χ1v) is 3.58. The van der Waals surface area contributed by atoms with E-state index in [0.717, 1.165) is 0 Å². The van der Waals surface area contributed by atoms with Gasteiger partial charge < -0.3 is 5.32 Å². The number of carbonyl (C=O) groups excluding carboxylic acids is 1. The third kappa shape index (κ3) is 7.12. The predicted octanol–water partition coefficient (Wildman–Crippen LogP) is 1.36. The molecule has 74 valence electrons. The second-order valence-electron chi connectivity index (χ2n) is 2.62. The maximum absolute atomic E-state index is 11.7. The Kier molecular flexibility index (Phi) is 4.25. The highest BCUT2D eigenvalue weighted by Crippen LogP contribution is 2.21. The first-order valence-electron chi connectivity index (χ1n) is 3.58. The van der Waals surface area contributed by atoms with Crippen LogP contribution in [0.3, 0.4) is 0 Å². The molecular formula is C7H9F3N2O. The quantitative estimate of drug-likeness (QED) is 0.737. The van der Waals surface area contributed by atoms with E-state index in [-0.39, 0.29) is 0 Å². The van der Waals surface area contributed by atoms with Crippen LogP contribution in [0, 0.1) is 11.3 Å². The molecule has 0 aliphatic rings. The number of amides is 1. The fraction of sp³-hybridized carbons (Fsp3) is 0.714. The molecule has 1 N–H and O–H groups in total. The third-order valence-electron chi connectivity index (χ3n) is 1.18. The molecule has 0 spiro atoms. The van der Waals surface area contributed by atoms with E-state index in [9.17, 15) is 18.0 Å². The Morgan fingerprint density at radius 1 is 1.62 bits per heavy atom. The first-order chi connectivity index (χ1) is 5.85. The van der Waals surface area contributed by atoms with Gasteiger partial charge >= 0.3 is 6.18 Å². The van der Waals surface area contributed by atoms with Crippen molar-refractivity contribution in [1.82, 2.24) is 5.32 Å². The van der Waals surface area contributed by atoms with Gasteiger partial charge in [0.15, 0.2) is 0 Å².